The number of hydrogen-bond acceptors (Lipinski definition) is 0. The fourth-order valence-electron chi connectivity index (χ4n) is 2.83. The quantitative estimate of drug-likeness (QED) is 0.329. The van der Waals surface area contributed by atoms with Crippen LogP contribution in [0.25, 0.3) is 0 Å². The third kappa shape index (κ3) is 10.0. The first-order valence-electron chi connectivity index (χ1n) is 9.05. The molecule has 0 N–H and O–H groups in total. The number of rotatable bonds is 13. The Hall–Kier alpha value is -0.430. The van der Waals surface area contributed by atoms with Gasteiger partial charge in [0.05, 0.1) is 0 Å². The molecule has 0 fully saturated rings. The smallest absolute Gasteiger partial charge is 0.0401 e. The first kappa shape index (κ1) is 18.6. The number of unbranched alkanes of at least 4 members (excludes halogenated alkanes) is 10. The van der Waals surface area contributed by atoms with Gasteiger partial charge in [0.15, 0.2) is 0 Å². The predicted molar refractivity (Wildman–Crippen MR) is 97.9 cm³/mol. The summed E-state index contributed by atoms with van der Waals surface area (Å²) >= 11 is 5.57. The molecule has 0 bridgehead atoms. The van der Waals surface area contributed by atoms with Crippen LogP contribution >= 0.6 is 12.6 Å². The normalized spacial score (nSPS) is 12.5. The van der Waals surface area contributed by atoms with Crippen LogP contribution in [0.1, 0.15) is 94.8 Å². The summed E-state index contributed by atoms with van der Waals surface area (Å²) in [6.07, 6.45) is 16.6. The maximum Gasteiger partial charge on any atom is 0.0401 e. The summed E-state index contributed by atoms with van der Waals surface area (Å²) in [5.74, 6) is 0. The van der Waals surface area contributed by atoms with Gasteiger partial charge >= 0.3 is 0 Å². The van der Waals surface area contributed by atoms with Crippen LogP contribution < -0.4 is 0 Å². The Morgan fingerprint density at radius 2 is 1.19 bits per heavy atom. The van der Waals surface area contributed by atoms with Crippen LogP contribution in [-0.2, 0) is 0 Å². The van der Waals surface area contributed by atoms with E-state index < -0.39 is 0 Å². The fraction of sp³-hybridized carbons (Fsp3) is 0.700. The molecule has 0 saturated heterocycles. The van der Waals surface area contributed by atoms with Gasteiger partial charge in [0.2, 0.25) is 0 Å². The molecule has 1 atom stereocenters. The molecule has 0 spiro atoms. The van der Waals surface area contributed by atoms with Gasteiger partial charge in [-0.1, -0.05) is 121 Å². The van der Waals surface area contributed by atoms with Crippen LogP contribution in [0.3, 0.4) is 0 Å². The lowest BCUT2D eigenvalue weighted by atomic mass is 10.0. The lowest BCUT2D eigenvalue weighted by Crippen LogP contribution is -1.90. The highest BCUT2D eigenvalue weighted by atomic mass is 32.1. The molecule has 21 heavy (non-hydrogen) atoms. The van der Waals surface area contributed by atoms with Gasteiger partial charge in [0, 0.05) is 5.25 Å². The minimum atomic E-state index is 0.310. The maximum atomic E-state index is 5.57. The Morgan fingerprint density at radius 3 is 1.71 bits per heavy atom. The summed E-state index contributed by atoms with van der Waals surface area (Å²) in [4.78, 5) is 0. The van der Waals surface area contributed by atoms with E-state index in [-0.39, 0.29) is 0 Å². The first-order valence-corrected chi connectivity index (χ1v) is 9.52. The molecule has 1 radical (unpaired) electrons. The van der Waals surface area contributed by atoms with E-state index in [2.05, 4.69) is 37.3 Å². The van der Waals surface area contributed by atoms with E-state index >= 15 is 0 Å². The molecule has 0 saturated carbocycles. The van der Waals surface area contributed by atoms with Crippen molar-refractivity contribution in [3.05, 3.63) is 35.9 Å². The van der Waals surface area contributed by atoms with Gasteiger partial charge in [0.1, 0.15) is 0 Å². The predicted octanol–water partition coefficient (Wildman–Crippen LogP) is 7.63. The average Bonchev–Trinajstić information content (AvgIpc) is 2.53. The lowest BCUT2D eigenvalue weighted by Gasteiger charge is -2.09. The number of hydrogen-bond donors (Lipinski definition) is 0. The Balaban J connectivity index is 1.86. The van der Waals surface area contributed by atoms with E-state index in [1.165, 1.54) is 76.2 Å². The van der Waals surface area contributed by atoms with E-state index in [0.717, 1.165) is 6.42 Å². The first-order chi connectivity index (χ1) is 10.3. The molecular weight excluding hydrogens is 272 g/mol. The van der Waals surface area contributed by atoms with Crippen molar-refractivity contribution >= 4 is 12.6 Å². The third-order valence-electron chi connectivity index (χ3n) is 4.24. The molecule has 1 aromatic rings. The van der Waals surface area contributed by atoms with E-state index in [9.17, 15) is 0 Å². The van der Waals surface area contributed by atoms with Crippen molar-refractivity contribution in [2.24, 2.45) is 0 Å². The second-order valence-corrected chi connectivity index (χ2v) is 6.79. The zero-order chi connectivity index (χ0) is 15.2. The second-order valence-electron chi connectivity index (χ2n) is 6.22. The van der Waals surface area contributed by atoms with Crippen LogP contribution in [0.2, 0.25) is 0 Å². The lowest BCUT2D eigenvalue weighted by molar-refractivity contribution is 0.543. The standard InChI is InChI=1S/C20H33S/c1-2-3-4-5-6-7-8-9-10-11-15-18-20(21)19-16-13-12-14-17-19/h12-14,16-17,20H,2-11,15,18H2,1H3. The van der Waals surface area contributed by atoms with Crippen molar-refractivity contribution in [1.82, 2.24) is 0 Å². The molecule has 0 aliphatic carbocycles. The molecule has 0 aromatic heterocycles. The monoisotopic (exact) mass is 305 g/mol. The van der Waals surface area contributed by atoms with Gasteiger partial charge in [-0.05, 0) is 12.0 Å². The van der Waals surface area contributed by atoms with Gasteiger partial charge in [-0.25, -0.2) is 0 Å². The Kier molecular flexibility index (Phi) is 11.7. The minimum Gasteiger partial charge on any atom is -0.0853 e. The highest BCUT2D eigenvalue weighted by molar-refractivity contribution is 7.80. The van der Waals surface area contributed by atoms with Crippen molar-refractivity contribution in [1.29, 1.82) is 0 Å². The van der Waals surface area contributed by atoms with E-state index in [0.29, 0.717) is 5.25 Å². The SMILES string of the molecule is CCCCCCCCCCCCCC([S])c1ccccc1. The molecule has 0 aliphatic heterocycles. The molecule has 119 valence electrons. The van der Waals surface area contributed by atoms with Crippen molar-refractivity contribution in [2.75, 3.05) is 0 Å². The van der Waals surface area contributed by atoms with Gasteiger partial charge in [0.25, 0.3) is 0 Å². The fourth-order valence-corrected chi connectivity index (χ4v) is 3.15. The molecular formula is C20H33S. The summed E-state index contributed by atoms with van der Waals surface area (Å²) in [6.45, 7) is 2.28. The Labute approximate surface area is 138 Å². The Bertz CT molecular complexity index is 320. The van der Waals surface area contributed by atoms with Crippen molar-refractivity contribution in [3.63, 3.8) is 0 Å². The summed E-state index contributed by atoms with van der Waals surface area (Å²) in [7, 11) is 0. The highest BCUT2D eigenvalue weighted by Crippen LogP contribution is 2.26. The molecule has 1 heteroatoms. The van der Waals surface area contributed by atoms with Crippen LogP contribution in [0.4, 0.5) is 0 Å². The Morgan fingerprint density at radius 1 is 0.714 bits per heavy atom. The van der Waals surface area contributed by atoms with Crippen LogP contribution in [-0.4, -0.2) is 0 Å². The van der Waals surface area contributed by atoms with E-state index in [1.54, 1.807) is 0 Å². The molecule has 1 aromatic carbocycles. The minimum absolute atomic E-state index is 0.310. The zero-order valence-corrected chi connectivity index (χ0v) is 14.7. The van der Waals surface area contributed by atoms with Crippen LogP contribution in [0.5, 0.6) is 0 Å². The number of benzene rings is 1. The molecule has 0 aliphatic rings. The average molecular weight is 306 g/mol. The van der Waals surface area contributed by atoms with Crippen LogP contribution in [0, 0.1) is 0 Å². The van der Waals surface area contributed by atoms with Crippen LogP contribution in [0.15, 0.2) is 30.3 Å². The maximum absolute atomic E-state index is 5.57. The molecule has 1 rings (SSSR count). The molecule has 1 unspecified atom stereocenters. The largest absolute Gasteiger partial charge is 0.0853 e. The topological polar surface area (TPSA) is 0 Å². The molecule has 0 nitrogen and oxygen atoms in total. The highest BCUT2D eigenvalue weighted by Gasteiger charge is 2.05. The van der Waals surface area contributed by atoms with Gasteiger partial charge in [-0.2, -0.15) is 0 Å². The van der Waals surface area contributed by atoms with Gasteiger partial charge in [-0.15, -0.1) is 0 Å². The van der Waals surface area contributed by atoms with Gasteiger partial charge < -0.3 is 0 Å². The second kappa shape index (κ2) is 13.2. The van der Waals surface area contributed by atoms with Crippen molar-refractivity contribution < 1.29 is 0 Å². The summed E-state index contributed by atoms with van der Waals surface area (Å²) < 4.78 is 0. The van der Waals surface area contributed by atoms with E-state index in [1.807, 2.05) is 0 Å². The van der Waals surface area contributed by atoms with Crippen molar-refractivity contribution in [2.45, 2.75) is 89.2 Å². The molecule has 0 heterocycles. The van der Waals surface area contributed by atoms with Gasteiger partial charge in [-0.3, -0.25) is 0 Å². The summed E-state index contributed by atoms with van der Waals surface area (Å²) in [5.41, 5.74) is 1.32. The molecule has 0 amide bonds. The van der Waals surface area contributed by atoms with Crippen molar-refractivity contribution in [3.8, 4) is 0 Å². The van der Waals surface area contributed by atoms with E-state index in [4.69, 9.17) is 12.6 Å². The third-order valence-corrected chi connectivity index (χ3v) is 4.75. The summed E-state index contributed by atoms with van der Waals surface area (Å²) in [6, 6.07) is 10.6. The zero-order valence-electron chi connectivity index (χ0n) is 13.9. The summed E-state index contributed by atoms with van der Waals surface area (Å²) in [5, 5.41) is 0.310.